The van der Waals surface area contributed by atoms with Gasteiger partial charge in [-0.1, -0.05) is 12.2 Å². The summed E-state index contributed by atoms with van der Waals surface area (Å²) in [5.41, 5.74) is 12.5. The molecule has 0 saturated carbocycles. The van der Waals surface area contributed by atoms with Crippen molar-refractivity contribution in [3.8, 4) is 0 Å². The quantitative estimate of drug-likeness (QED) is 0.660. The molecule has 0 fully saturated rings. The number of anilines is 1. The van der Waals surface area contributed by atoms with Gasteiger partial charge in [-0.05, 0) is 6.92 Å². The first kappa shape index (κ1) is 8.67. The largest absolute Gasteiger partial charge is 0.368 e. The topological polar surface area (TPSA) is 77.8 Å². The van der Waals surface area contributed by atoms with Crippen molar-refractivity contribution < 1.29 is 0 Å². The first-order valence-corrected chi connectivity index (χ1v) is 3.69. The normalized spacial score (nSPS) is 10.8. The zero-order chi connectivity index (χ0) is 8.97. The second-order valence-electron chi connectivity index (χ2n) is 2.41. The summed E-state index contributed by atoms with van der Waals surface area (Å²) in [6.45, 7) is 2.40. The highest BCUT2D eigenvalue weighted by atomic mass is 15.0. The average molecular weight is 164 g/mol. The standard InChI is InChI=1S/C8H12N4/c1-6-7(3-2-4-9)5-11-8(10)12-6/h2-3,5H,4,9H2,1H3,(H2,10,11,12). The lowest BCUT2D eigenvalue weighted by Crippen LogP contribution is -1.98. The molecule has 0 aliphatic rings. The van der Waals surface area contributed by atoms with Crippen molar-refractivity contribution in [3.05, 3.63) is 23.5 Å². The molecule has 0 saturated heterocycles. The lowest BCUT2D eigenvalue weighted by atomic mass is 10.2. The van der Waals surface area contributed by atoms with Crippen molar-refractivity contribution >= 4 is 12.0 Å². The third-order valence-electron chi connectivity index (χ3n) is 1.47. The smallest absolute Gasteiger partial charge is 0.220 e. The van der Waals surface area contributed by atoms with E-state index in [9.17, 15) is 0 Å². The highest BCUT2D eigenvalue weighted by Crippen LogP contribution is 2.06. The molecule has 12 heavy (non-hydrogen) atoms. The third-order valence-corrected chi connectivity index (χ3v) is 1.47. The van der Waals surface area contributed by atoms with Gasteiger partial charge in [0.05, 0.1) is 5.69 Å². The minimum atomic E-state index is 0.303. The lowest BCUT2D eigenvalue weighted by Gasteiger charge is -1.98. The number of nitrogens with two attached hydrogens (primary N) is 2. The van der Waals surface area contributed by atoms with E-state index in [-0.39, 0.29) is 0 Å². The molecule has 1 heterocycles. The van der Waals surface area contributed by atoms with Crippen LogP contribution in [0.4, 0.5) is 5.95 Å². The Hall–Kier alpha value is -1.42. The summed E-state index contributed by atoms with van der Waals surface area (Å²) >= 11 is 0. The third kappa shape index (κ3) is 2.03. The Labute approximate surface area is 71.3 Å². The van der Waals surface area contributed by atoms with Gasteiger partial charge in [0.15, 0.2) is 0 Å². The molecule has 1 aromatic rings. The molecular weight excluding hydrogens is 152 g/mol. The maximum Gasteiger partial charge on any atom is 0.220 e. The average Bonchev–Trinajstić information content (AvgIpc) is 2.03. The summed E-state index contributed by atoms with van der Waals surface area (Å²) in [7, 11) is 0. The lowest BCUT2D eigenvalue weighted by molar-refractivity contribution is 1.11. The predicted molar refractivity (Wildman–Crippen MR) is 49.3 cm³/mol. The fourth-order valence-electron chi connectivity index (χ4n) is 0.853. The van der Waals surface area contributed by atoms with E-state index in [0.717, 1.165) is 11.3 Å². The van der Waals surface area contributed by atoms with E-state index in [1.807, 2.05) is 19.1 Å². The van der Waals surface area contributed by atoms with Crippen LogP contribution in [0.25, 0.3) is 6.08 Å². The molecule has 4 N–H and O–H groups in total. The number of hydrogen-bond acceptors (Lipinski definition) is 4. The number of aromatic nitrogens is 2. The molecule has 0 aliphatic heterocycles. The van der Waals surface area contributed by atoms with Crippen molar-refractivity contribution in [2.75, 3.05) is 12.3 Å². The van der Waals surface area contributed by atoms with Crippen LogP contribution in [0.15, 0.2) is 12.3 Å². The monoisotopic (exact) mass is 164 g/mol. The Kier molecular flexibility index (Phi) is 2.76. The van der Waals surface area contributed by atoms with Gasteiger partial charge in [0, 0.05) is 18.3 Å². The molecule has 64 valence electrons. The van der Waals surface area contributed by atoms with Gasteiger partial charge in [0.25, 0.3) is 0 Å². The van der Waals surface area contributed by atoms with Crippen molar-refractivity contribution in [1.82, 2.24) is 9.97 Å². The minimum absolute atomic E-state index is 0.303. The van der Waals surface area contributed by atoms with E-state index in [2.05, 4.69) is 9.97 Å². The molecule has 0 bridgehead atoms. The van der Waals surface area contributed by atoms with Crippen LogP contribution in [0.1, 0.15) is 11.3 Å². The summed E-state index contributed by atoms with van der Waals surface area (Å²) in [5.74, 6) is 0.303. The van der Waals surface area contributed by atoms with Crippen molar-refractivity contribution in [3.63, 3.8) is 0 Å². The van der Waals surface area contributed by atoms with Crippen LogP contribution >= 0.6 is 0 Å². The molecule has 0 unspecified atom stereocenters. The Bertz CT molecular complexity index is 293. The van der Waals surface area contributed by atoms with Gasteiger partial charge in [0.2, 0.25) is 5.95 Å². The minimum Gasteiger partial charge on any atom is -0.368 e. The SMILES string of the molecule is Cc1nc(N)ncc1C=CCN. The predicted octanol–water partition coefficient (Wildman–Crippen LogP) is 0.339. The molecule has 0 aliphatic carbocycles. The molecule has 1 aromatic heterocycles. The molecule has 0 aromatic carbocycles. The molecule has 4 heteroatoms. The number of rotatable bonds is 2. The van der Waals surface area contributed by atoms with Gasteiger partial charge in [-0.2, -0.15) is 0 Å². The number of hydrogen-bond donors (Lipinski definition) is 2. The van der Waals surface area contributed by atoms with E-state index < -0.39 is 0 Å². The number of nitrogens with zero attached hydrogens (tertiary/aromatic N) is 2. The Morgan fingerprint density at radius 1 is 1.58 bits per heavy atom. The van der Waals surface area contributed by atoms with Crippen molar-refractivity contribution in [2.45, 2.75) is 6.92 Å². The maximum atomic E-state index is 5.39. The molecule has 4 nitrogen and oxygen atoms in total. The Morgan fingerprint density at radius 2 is 2.33 bits per heavy atom. The molecule has 0 spiro atoms. The first-order valence-electron chi connectivity index (χ1n) is 3.69. The number of nitrogen functional groups attached to an aromatic ring is 1. The summed E-state index contributed by atoms with van der Waals surface area (Å²) in [5, 5.41) is 0. The molecular formula is C8H12N4. The molecule has 0 amide bonds. The zero-order valence-corrected chi connectivity index (χ0v) is 6.99. The summed E-state index contributed by atoms with van der Waals surface area (Å²) < 4.78 is 0. The molecule has 1 rings (SSSR count). The highest BCUT2D eigenvalue weighted by Gasteiger charge is 1.95. The van der Waals surface area contributed by atoms with Crippen LogP contribution in [0.2, 0.25) is 0 Å². The van der Waals surface area contributed by atoms with Crippen molar-refractivity contribution in [1.29, 1.82) is 0 Å². The van der Waals surface area contributed by atoms with E-state index in [4.69, 9.17) is 11.5 Å². The number of aryl methyl sites for hydroxylation is 1. The van der Waals surface area contributed by atoms with Gasteiger partial charge < -0.3 is 11.5 Å². The van der Waals surface area contributed by atoms with Gasteiger partial charge >= 0.3 is 0 Å². The van der Waals surface area contributed by atoms with Crippen LogP contribution in [0.5, 0.6) is 0 Å². The van der Waals surface area contributed by atoms with E-state index in [0.29, 0.717) is 12.5 Å². The van der Waals surface area contributed by atoms with E-state index in [1.165, 1.54) is 0 Å². The highest BCUT2D eigenvalue weighted by molar-refractivity contribution is 5.51. The van der Waals surface area contributed by atoms with Crippen LogP contribution in [0, 0.1) is 6.92 Å². The maximum absolute atomic E-state index is 5.39. The van der Waals surface area contributed by atoms with Gasteiger partial charge in [-0.25, -0.2) is 9.97 Å². The Balaban J connectivity index is 2.94. The van der Waals surface area contributed by atoms with Gasteiger partial charge in [-0.15, -0.1) is 0 Å². The zero-order valence-electron chi connectivity index (χ0n) is 6.99. The van der Waals surface area contributed by atoms with Crippen molar-refractivity contribution in [2.24, 2.45) is 5.73 Å². The second kappa shape index (κ2) is 3.82. The van der Waals surface area contributed by atoms with E-state index >= 15 is 0 Å². The van der Waals surface area contributed by atoms with Crippen LogP contribution < -0.4 is 11.5 Å². The van der Waals surface area contributed by atoms with Crippen LogP contribution in [-0.2, 0) is 0 Å². The van der Waals surface area contributed by atoms with E-state index in [1.54, 1.807) is 6.20 Å². The second-order valence-corrected chi connectivity index (χ2v) is 2.41. The molecule has 0 atom stereocenters. The molecule has 0 radical (unpaired) electrons. The summed E-state index contributed by atoms with van der Waals surface area (Å²) in [6.07, 6.45) is 5.42. The van der Waals surface area contributed by atoms with Crippen LogP contribution in [-0.4, -0.2) is 16.5 Å². The Morgan fingerprint density at radius 3 is 2.92 bits per heavy atom. The summed E-state index contributed by atoms with van der Waals surface area (Å²) in [6, 6.07) is 0. The van der Waals surface area contributed by atoms with Gasteiger partial charge in [0.1, 0.15) is 0 Å². The van der Waals surface area contributed by atoms with Gasteiger partial charge in [-0.3, -0.25) is 0 Å². The fraction of sp³-hybridized carbons (Fsp3) is 0.250. The summed E-state index contributed by atoms with van der Waals surface area (Å²) in [4.78, 5) is 7.87. The van der Waals surface area contributed by atoms with Crippen LogP contribution in [0.3, 0.4) is 0 Å². The fourth-order valence-corrected chi connectivity index (χ4v) is 0.853. The first-order chi connectivity index (χ1) is 5.74.